The SMILES string of the molecule is COc1ccc(C)cc1.O=C(O)NCCNc1ccn[nH]1.OC1CCNC1. The molecule has 1 atom stereocenters. The van der Waals surface area contributed by atoms with E-state index in [-0.39, 0.29) is 6.10 Å². The molecule has 1 fully saturated rings. The Hall–Kier alpha value is -2.78. The van der Waals surface area contributed by atoms with E-state index < -0.39 is 6.09 Å². The lowest BCUT2D eigenvalue weighted by molar-refractivity contribution is 0.194. The zero-order valence-corrected chi connectivity index (χ0v) is 15.7. The number of aliphatic hydroxyl groups is 1. The number of anilines is 1. The van der Waals surface area contributed by atoms with Gasteiger partial charge in [0.1, 0.15) is 11.6 Å². The third kappa shape index (κ3) is 11.4. The second-order valence-electron chi connectivity index (χ2n) is 5.79. The number of methoxy groups -OCH3 is 1. The van der Waals surface area contributed by atoms with Gasteiger partial charge in [0.15, 0.2) is 0 Å². The Bertz CT molecular complexity index is 613. The molecule has 6 N–H and O–H groups in total. The first kappa shape index (κ1) is 22.3. The normalized spacial score (nSPS) is 14.9. The molecule has 0 bridgehead atoms. The first-order chi connectivity index (χ1) is 13.0. The number of hydrogen-bond donors (Lipinski definition) is 6. The Morgan fingerprint density at radius 2 is 2.04 bits per heavy atom. The molecule has 1 saturated heterocycles. The number of H-pyrrole nitrogens is 1. The molecular weight excluding hydrogens is 350 g/mol. The molecule has 3 rings (SSSR count). The van der Waals surface area contributed by atoms with Gasteiger partial charge in [-0.25, -0.2) is 4.79 Å². The fourth-order valence-electron chi connectivity index (χ4n) is 2.03. The van der Waals surface area contributed by atoms with Gasteiger partial charge in [0.25, 0.3) is 0 Å². The molecule has 0 aliphatic carbocycles. The zero-order chi connectivity index (χ0) is 19.9. The number of carboxylic acid groups (broad SMARTS) is 1. The molecular formula is C18H29N5O4. The van der Waals surface area contributed by atoms with Crippen molar-refractivity contribution in [3.05, 3.63) is 42.1 Å². The molecule has 2 heterocycles. The maximum atomic E-state index is 10.0. The van der Waals surface area contributed by atoms with Crippen LogP contribution in [-0.2, 0) is 0 Å². The van der Waals surface area contributed by atoms with Gasteiger partial charge in [-0.2, -0.15) is 5.10 Å². The van der Waals surface area contributed by atoms with Crippen LogP contribution in [0.5, 0.6) is 5.75 Å². The molecule has 9 nitrogen and oxygen atoms in total. The monoisotopic (exact) mass is 379 g/mol. The Balaban J connectivity index is 0.000000214. The van der Waals surface area contributed by atoms with Gasteiger partial charge in [-0.1, -0.05) is 17.7 Å². The van der Waals surface area contributed by atoms with Crippen molar-refractivity contribution >= 4 is 11.9 Å². The summed E-state index contributed by atoms with van der Waals surface area (Å²) in [5.41, 5.74) is 1.26. The average Bonchev–Trinajstić information content (AvgIpc) is 3.34. The maximum Gasteiger partial charge on any atom is 0.404 e. The summed E-state index contributed by atoms with van der Waals surface area (Å²) in [5, 5.41) is 31.5. The summed E-state index contributed by atoms with van der Waals surface area (Å²) in [7, 11) is 1.67. The van der Waals surface area contributed by atoms with Crippen LogP contribution in [0.1, 0.15) is 12.0 Å². The third-order valence-electron chi connectivity index (χ3n) is 3.51. The standard InChI is InChI=1S/C8H10O.C6H10N4O2.C4H9NO/c1-7-3-5-8(9-2)6-4-7;11-6(12)8-4-3-7-5-1-2-9-10-5;6-4-1-2-5-3-4/h3-6H,1-2H3;1-2,8H,3-4H2,(H,11,12)(H2,7,9,10);4-6H,1-3H2. The Morgan fingerprint density at radius 1 is 1.30 bits per heavy atom. The maximum absolute atomic E-state index is 10.0. The number of nitrogens with one attached hydrogen (secondary N) is 4. The van der Waals surface area contributed by atoms with Crippen LogP contribution >= 0.6 is 0 Å². The van der Waals surface area contributed by atoms with Crippen molar-refractivity contribution in [1.29, 1.82) is 0 Å². The first-order valence-electron chi connectivity index (χ1n) is 8.70. The Labute approximate surface area is 159 Å². The van der Waals surface area contributed by atoms with E-state index in [4.69, 9.17) is 14.9 Å². The highest BCUT2D eigenvalue weighted by atomic mass is 16.5. The second kappa shape index (κ2) is 13.4. The predicted octanol–water partition coefficient (Wildman–Crippen LogP) is 1.43. The fourth-order valence-corrected chi connectivity index (χ4v) is 2.03. The van der Waals surface area contributed by atoms with Crippen molar-refractivity contribution in [2.45, 2.75) is 19.4 Å². The summed E-state index contributed by atoms with van der Waals surface area (Å²) in [6.07, 6.45) is 1.47. The number of carbonyl (C=O) groups is 1. The summed E-state index contributed by atoms with van der Waals surface area (Å²) in [5.74, 6) is 1.70. The number of aryl methyl sites for hydroxylation is 1. The number of nitrogens with zero attached hydrogens (tertiary/aromatic N) is 1. The molecule has 150 valence electrons. The fraction of sp³-hybridized carbons (Fsp3) is 0.444. The minimum Gasteiger partial charge on any atom is -0.497 e. The molecule has 1 aliphatic rings. The van der Waals surface area contributed by atoms with Crippen LogP contribution in [0.2, 0.25) is 0 Å². The molecule has 1 aliphatic heterocycles. The van der Waals surface area contributed by atoms with Crippen LogP contribution in [0.3, 0.4) is 0 Å². The van der Waals surface area contributed by atoms with Crippen LogP contribution < -0.4 is 20.7 Å². The summed E-state index contributed by atoms with van der Waals surface area (Å²) in [4.78, 5) is 10.0. The van der Waals surface area contributed by atoms with E-state index in [0.717, 1.165) is 31.1 Å². The van der Waals surface area contributed by atoms with Gasteiger partial charge in [-0.3, -0.25) is 5.10 Å². The van der Waals surface area contributed by atoms with Crippen molar-refractivity contribution < 1.29 is 19.7 Å². The average molecular weight is 379 g/mol. The lowest BCUT2D eigenvalue weighted by atomic mass is 10.2. The van der Waals surface area contributed by atoms with Gasteiger partial charge >= 0.3 is 6.09 Å². The van der Waals surface area contributed by atoms with Gasteiger partial charge in [0, 0.05) is 19.6 Å². The molecule has 27 heavy (non-hydrogen) atoms. The van der Waals surface area contributed by atoms with Gasteiger partial charge in [-0.05, 0) is 38.1 Å². The number of aliphatic hydroxyl groups excluding tert-OH is 1. The summed E-state index contributed by atoms with van der Waals surface area (Å²) < 4.78 is 4.97. The minimum absolute atomic E-state index is 0.0648. The number of amides is 1. The lowest BCUT2D eigenvalue weighted by Gasteiger charge is -2.02. The molecule has 1 unspecified atom stereocenters. The zero-order valence-electron chi connectivity index (χ0n) is 15.7. The molecule has 9 heteroatoms. The Kier molecular flexibility index (Phi) is 11.1. The number of benzene rings is 1. The summed E-state index contributed by atoms with van der Waals surface area (Å²) in [6, 6.07) is 9.73. The number of rotatable bonds is 5. The van der Waals surface area contributed by atoms with E-state index in [0.29, 0.717) is 13.1 Å². The van der Waals surface area contributed by atoms with Gasteiger partial charge < -0.3 is 30.9 Å². The van der Waals surface area contributed by atoms with Crippen LogP contribution in [0, 0.1) is 6.92 Å². The van der Waals surface area contributed by atoms with Crippen molar-refractivity contribution in [3.8, 4) is 5.75 Å². The second-order valence-corrected chi connectivity index (χ2v) is 5.79. The van der Waals surface area contributed by atoms with Gasteiger partial charge in [0.2, 0.25) is 0 Å². The number of aromatic amines is 1. The van der Waals surface area contributed by atoms with E-state index in [2.05, 4.69) is 33.1 Å². The molecule has 0 spiro atoms. The van der Waals surface area contributed by atoms with Gasteiger partial charge in [-0.15, -0.1) is 0 Å². The highest BCUT2D eigenvalue weighted by Gasteiger charge is 2.08. The van der Waals surface area contributed by atoms with E-state index >= 15 is 0 Å². The van der Waals surface area contributed by atoms with E-state index in [1.807, 2.05) is 24.3 Å². The number of aromatic nitrogens is 2. The summed E-state index contributed by atoms with van der Waals surface area (Å²) in [6.45, 7) is 4.74. The van der Waals surface area contributed by atoms with E-state index in [1.165, 1.54) is 5.56 Å². The van der Waals surface area contributed by atoms with Crippen LogP contribution in [-0.4, -0.2) is 65.9 Å². The van der Waals surface area contributed by atoms with Crippen molar-refractivity contribution in [1.82, 2.24) is 20.8 Å². The van der Waals surface area contributed by atoms with E-state index in [9.17, 15) is 4.79 Å². The van der Waals surface area contributed by atoms with E-state index in [1.54, 1.807) is 19.4 Å². The predicted molar refractivity (Wildman–Crippen MR) is 104 cm³/mol. The Morgan fingerprint density at radius 3 is 2.48 bits per heavy atom. The molecule has 2 aromatic rings. The topological polar surface area (TPSA) is 132 Å². The molecule has 0 radical (unpaired) electrons. The molecule has 1 aromatic heterocycles. The third-order valence-corrected chi connectivity index (χ3v) is 3.51. The molecule has 1 amide bonds. The largest absolute Gasteiger partial charge is 0.497 e. The number of hydrogen-bond acceptors (Lipinski definition) is 6. The quantitative estimate of drug-likeness (QED) is 0.433. The van der Waals surface area contributed by atoms with Crippen LogP contribution in [0.25, 0.3) is 0 Å². The smallest absolute Gasteiger partial charge is 0.404 e. The lowest BCUT2D eigenvalue weighted by Crippen LogP contribution is -2.26. The van der Waals surface area contributed by atoms with Crippen molar-refractivity contribution in [2.75, 3.05) is 38.6 Å². The number of ether oxygens (including phenoxy) is 1. The van der Waals surface area contributed by atoms with Crippen LogP contribution in [0.15, 0.2) is 36.5 Å². The minimum atomic E-state index is -1.01. The highest BCUT2D eigenvalue weighted by molar-refractivity contribution is 5.64. The van der Waals surface area contributed by atoms with Gasteiger partial charge in [0.05, 0.1) is 19.4 Å². The molecule has 0 saturated carbocycles. The van der Waals surface area contributed by atoms with Crippen LogP contribution in [0.4, 0.5) is 10.6 Å². The molecule has 1 aromatic carbocycles. The number of β-amino-alcohol motifs (C(OH)–C–C–N with tert-alkyl or cyclic N) is 1. The van der Waals surface area contributed by atoms with Crippen molar-refractivity contribution in [3.63, 3.8) is 0 Å². The van der Waals surface area contributed by atoms with Crippen molar-refractivity contribution in [2.24, 2.45) is 0 Å². The first-order valence-corrected chi connectivity index (χ1v) is 8.70. The highest BCUT2D eigenvalue weighted by Crippen LogP contribution is 2.09. The summed E-state index contributed by atoms with van der Waals surface area (Å²) >= 11 is 0.